The highest BCUT2D eigenvalue weighted by molar-refractivity contribution is 14.0. The fraction of sp³-hybridized carbons (Fsp3) is 0.556. The summed E-state index contributed by atoms with van der Waals surface area (Å²) in [4.78, 5) is 18.3. The van der Waals surface area contributed by atoms with E-state index in [0.717, 1.165) is 24.9 Å². The molecule has 1 aromatic rings. The highest BCUT2D eigenvalue weighted by atomic mass is 127. The fourth-order valence-electron chi connectivity index (χ4n) is 2.96. The van der Waals surface area contributed by atoms with Gasteiger partial charge in [-0.15, -0.1) is 24.0 Å². The molecule has 0 aliphatic carbocycles. The second-order valence-corrected chi connectivity index (χ2v) is 5.91. The van der Waals surface area contributed by atoms with Gasteiger partial charge in [0.05, 0.1) is 19.6 Å². The van der Waals surface area contributed by atoms with Crippen LogP contribution in [0.2, 0.25) is 0 Å². The Kier molecular flexibility index (Phi) is 9.68. The maximum atomic E-state index is 13.8. The summed E-state index contributed by atoms with van der Waals surface area (Å²) < 4.78 is 23.8. The number of carbonyl (C=O) groups is 1. The van der Waals surface area contributed by atoms with Crippen molar-refractivity contribution in [3.05, 3.63) is 29.6 Å². The van der Waals surface area contributed by atoms with Crippen LogP contribution in [0.15, 0.2) is 23.2 Å². The third-order valence-corrected chi connectivity index (χ3v) is 4.22. The first-order chi connectivity index (χ1) is 12.1. The maximum Gasteiger partial charge on any atom is 0.310 e. The number of hydrogen-bond acceptors (Lipinski definition) is 4. The average Bonchev–Trinajstić information content (AvgIpc) is 2.63. The minimum absolute atomic E-state index is 0. The number of methoxy groups -OCH3 is 1. The lowest BCUT2D eigenvalue weighted by Crippen LogP contribution is -2.48. The summed E-state index contributed by atoms with van der Waals surface area (Å²) >= 11 is 0. The Labute approximate surface area is 171 Å². The highest BCUT2D eigenvalue weighted by Crippen LogP contribution is 2.19. The van der Waals surface area contributed by atoms with Gasteiger partial charge in [-0.25, -0.2) is 4.39 Å². The summed E-state index contributed by atoms with van der Waals surface area (Å²) in [5, 5.41) is 3.23. The number of nitrogens with one attached hydrogen (secondary N) is 1. The van der Waals surface area contributed by atoms with E-state index in [9.17, 15) is 9.18 Å². The smallest absolute Gasteiger partial charge is 0.310 e. The van der Waals surface area contributed by atoms with Crippen molar-refractivity contribution in [2.75, 3.05) is 33.9 Å². The number of likely N-dealkylation sites (tertiary alicyclic amines) is 1. The van der Waals surface area contributed by atoms with E-state index in [4.69, 9.17) is 9.47 Å². The summed E-state index contributed by atoms with van der Waals surface area (Å²) in [6, 6.07) is 4.85. The topological polar surface area (TPSA) is 63.2 Å². The van der Waals surface area contributed by atoms with Gasteiger partial charge in [0.1, 0.15) is 0 Å². The molecule has 1 atom stereocenters. The number of piperidine rings is 1. The molecule has 8 heteroatoms. The van der Waals surface area contributed by atoms with Gasteiger partial charge in [0.2, 0.25) is 0 Å². The molecule has 6 nitrogen and oxygen atoms in total. The summed E-state index contributed by atoms with van der Waals surface area (Å²) in [5.41, 5.74) is 0.790. The van der Waals surface area contributed by atoms with Crippen molar-refractivity contribution in [3.8, 4) is 5.75 Å². The molecule has 0 saturated carbocycles. The van der Waals surface area contributed by atoms with Crippen LogP contribution in [0.3, 0.4) is 0 Å². The quantitative estimate of drug-likeness (QED) is 0.305. The van der Waals surface area contributed by atoms with Crippen molar-refractivity contribution in [2.45, 2.75) is 26.3 Å². The number of hydrogen-bond donors (Lipinski definition) is 1. The molecule has 1 unspecified atom stereocenters. The third-order valence-electron chi connectivity index (χ3n) is 4.22. The predicted octanol–water partition coefficient (Wildman–Crippen LogP) is 2.80. The van der Waals surface area contributed by atoms with E-state index in [1.165, 1.54) is 13.2 Å². The van der Waals surface area contributed by atoms with Gasteiger partial charge in [0.15, 0.2) is 17.5 Å². The lowest BCUT2D eigenvalue weighted by Gasteiger charge is -2.34. The molecule has 1 fully saturated rings. The maximum absolute atomic E-state index is 13.8. The molecule has 1 N–H and O–H groups in total. The van der Waals surface area contributed by atoms with E-state index >= 15 is 0 Å². The SMILES string of the molecule is CCOC(=O)C1CCCN(C(=NC)NCc2ccc(OC)c(F)c2)C1.I. The van der Waals surface area contributed by atoms with Gasteiger partial charge in [0.25, 0.3) is 0 Å². The first-order valence-corrected chi connectivity index (χ1v) is 8.53. The largest absolute Gasteiger partial charge is 0.494 e. The Hall–Kier alpha value is -1.58. The van der Waals surface area contributed by atoms with Crippen LogP contribution < -0.4 is 10.1 Å². The van der Waals surface area contributed by atoms with Crippen LogP contribution in [-0.2, 0) is 16.1 Å². The average molecular weight is 479 g/mol. The van der Waals surface area contributed by atoms with Gasteiger partial charge in [-0.2, -0.15) is 0 Å². The molecule has 2 rings (SSSR count). The Morgan fingerprint density at radius 2 is 2.23 bits per heavy atom. The number of esters is 1. The zero-order valence-corrected chi connectivity index (χ0v) is 17.8. The molecule has 146 valence electrons. The normalized spacial score (nSPS) is 17.3. The number of halogens is 2. The molecule has 1 heterocycles. The monoisotopic (exact) mass is 479 g/mol. The van der Waals surface area contributed by atoms with E-state index in [0.29, 0.717) is 25.7 Å². The van der Waals surface area contributed by atoms with Crippen LogP contribution in [0.5, 0.6) is 5.75 Å². The molecule has 0 spiro atoms. The molecule has 0 amide bonds. The van der Waals surface area contributed by atoms with Crippen LogP contribution in [-0.4, -0.2) is 50.7 Å². The van der Waals surface area contributed by atoms with E-state index in [1.54, 1.807) is 19.2 Å². The van der Waals surface area contributed by atoms with Gasteiger partial charge in [-0.1, -0.05) is 6.07 Å². The molecule has 1 aliphatic heterocycles. The summed E-state index contributed by atoms with van der Waals surface area (Å²) in [6.07, 6.45) is 1.73. The molecule has 1 saturated heterocycles. The van der Waals surface area contributed by atoms with Crippen LogP contribution in [0.4, 0.5) is 4.39 Å². The molecule has 0 bridgehead atoms. The van der Waals surface area contributed by atoms with E-state index in [2.05, 4.69) is 10.3 Å². The standard InChI is InChI=1S/C18H26FN3O3.HI/c1-4-25-17(23)14-6-5-9-22(12-14)18(20-2)21-11-13-7-8-16(24-3)15(19)10-13;/h7-8,10,14H,4-6,9,11-12H2,1-3H3,(H,20,21);1H. The minimum Gasteiger partial charge on any atom is -0.494 e. The Morgan fingerprint density at radius 3 is 2.85 bits per heavy atom. The first-order valence-electron chi connectivity index (χ1n) is 8.53. The molecule has 1 aliphatic rings. The number of ether oxygens (including phenoxy) is 2. The molecule has 1 aromatic carbocycles. The van der Waals surface area contributed by atoms with Gasteiger partial charge in [0, 0.05) is 26.7 Å². The van der Waals surface area contributed by atoms with Crippen molar-refractivity contribution < 1.29 is 18.7 Å². The highest BCUT2D eigenvalue weighted by Gasteiger charge is 2.28. The van der Waals surface area contributed by atoms with Gasteiger partial charge in [-0.3, -0.25) is 9.79 Å². The summed E-state index contributed by atoms with van der Waals surface area (Å²) in [5.74, 6) is 0.245. The lowest BCUT2D eigenvalue weighted by molar-refractivity contribution is -0.149. The van der Waals surface area contributed by atoms with Crippen LogP contribution in [0, 0.1) is 11.7 Å². The predicted molar refractivity (Wildman–Crippen MR) is 109 cm³/mol. The molecule has 0 radical (unpaired) electrons. The number of benzene rings is 1. The fourth-order valence-corrected chi connectivity index (χ4v) is 2.96. The third kappa shape index (κ3) is 6.00. The van der Waals surface area contributed by atoms with Gasteiger partial charge in [-0.05, 0) is 37.5 Å². The summed E-state index contributed by atoms with van der Waals surface area (Å²) in [7, 11) is 3.14. The van der Waals surface area contributed by atoms with E-state index < -0.39 is 5.82 Å². The van der Waals surface area contributed by atoms with Crippen LogP contribution >= 0.6 is 24.0 Å². The number of carbonyl (C=O) groups excluding carboxylic acids is 1. The number of guanidine groups is 1. The van der Waals surface area contributed by atoms with E-state index in [1.807, 2.05) is 11.8 Å². The van der Waals surface area contributed by atoms with Gasteiger partial charge < -0.3 is 19.7 Å². The van der Waals surface area contributed by atoms with Crippen molar-refractivity contribution in [2.24, 2.45) is 10.9 Å². The second kappa shape index (κ2) is 11.2. The Balaban J connectivity index is 0.00000338. The second-order valence-electron chi connectivity index (χ2n) is 5.91. The lowest BCUT2D eigenvalue weighted by atomic mass is 9.98. The zero-order chi connectivity index (χ0) is 18.2. The minimum atomic E-state index is -0.392. The molecular weight excluding hydrogens is 452 g/mol. The van der Waals surface area contributed by atoms with Crippen molar-refractivity contribution in [1.82, 2.24) is 10.2 Å². The van der Waals surface area contributed by atoms with Crippen molar-refractivity contribution in [3.63, 3.8) is 0 Å². The molecular formula is C18H27FIN3O3. The Bertz CT molecular complexity index is 628. The van der Waals surface area contributed by atoms with E-state index in [-0.39, 0.29) is 41.6 Å². The first kappa shape index (κ1) is 22.5. The zero-order valence-electron chi connectivity index (χ0n) is 15.5. The summed E-state index contributed by atoms with van der Waals surface area (Å²) in [6.45, 7) is 4.05. The number of aliphatic imine (C=N–C) groups is 1. The number of nitrogens with zero attached hydrogens (tertiary/aromatic N) is 2. The molecule has 26 heavy (non-hydrogen) atoms. The van der Waals surface area contributed by atoms with Crippen LogP contribution in [0.25, 0.3) is 0 Å². The Morgan fingerprint density at radius 1 is 1.46 bits per heavy atom. The number of rotatable bonds is 5. The van der Waals surface area contributed by atoms with Gasteiger partial charge >= 0.3 is 5.97 Å². The van der Waals surface area contributed by atoms with Crippen molar-refractivity contribution in [1.29, 1.82) is 0 Å². The molecule has 0 aromatic heterocycles. The van der Waals surface area contributed by atoms with Crippen LogP contribution in [0.1, 0.15) is 25.3 Å². The van der Waals surface area contributed by atoms with Crippen molar-refractivity contribution >= 4 is 35.9 Å².